The maximum Gasteiger partial charge on any atom is 0.308 e. The quantitative estimate of drug-likeness (QED) is 0.715. The standard InChI is InChI=1S/C13H17NO4/c1-8-12(18-9(2)15)11-7-17-13(3,4)16-6-10(11)5-14-8/h5H,6-7H2,1-4H3. The van der Waals surface area contributed by atoms with Crippen LogP contribution in [0.5, 0.6) is 5.75 Å². The normalized spacial score (nSPS) is 17.8. The number of carbonyl (C=O) groups is 1. The van der Waals surface area contributed by atoms with Crippen molar-refractivity contribution in [3.8, 4) is 5.75 Å². The maximum absolute atomic E-state index is 11.1. The zero-order chi connectivity index (χ0) is 13.3. The molecule has 0 bridgehead atoms. The van der Waals surface area contributed by atoms with Crippen LogP contribution in [-0.2, 0) is 27.5 Å². The van der Waals surface area contributed by atoms with E-state index in [9.17, 15) is 4.79 Å². The molecule has 0 spiro atoms. The first-order valence-corrected chi connectivity index (χ1v) is 5.83. The minimum atomic E-state index is -0.652. The highest BCUT2D eigenvalue weighted by molar-refractivity contribution is 5.70. The van der Waals surface area contributed by atoms with Crippen molar-refractivity contribution >= 4 is 5.97 Å². The molecule has 1 aliphatic rings. The van der Waals surface area contributed by atoms with Crippen molar-refractivity contribution in [1.82, 2.24) is 4.98 Å². The van der Waals surface area contributed by atoms with E-state index in [2.05, 4.69) is 4.98 Å². The molecule has 1 aromatic rings. The molecule has 0 saturated carbocycles. The zero-order valence-corrected chi connectivity index (χ0v) is 11.1. The molecule has 98 valence electrons. The van der Waals surface area contributed by atoms with Crippen LogP contribution in [0.25, 0.3) is 0 Å². The van der Waals surface area contributed by atoms with Gasteiger partial charge in [0.2, 0.25) is 0 Å². The van der Waals surface area contributed by atoms with Crippen LogP contribution in [0.3, 0.4) is 0 Å². The second-order valence-electron chi connectivity index (χ2n) is 4.75. The number of pyridine rings is 1. The van der Waals surface area contributed by atoms with Crippen molar-refractivity contribution < 1.29 is 19.0 Å². The minimum absolute atomic E-state index is 0.342. The topological polar surface area (TPSA) is 57.7 Å². The van der Waals surface area contributed by atoms with E-state index in [4.69, 9.17) is 14.2 Å². The summed E-state index contributed by atoms with van der Waals surface area (Å²) in [5.74, 6) is -0.528. The van der Waals surface area contributed by atoms with Gasteiger partial charge in [-0.3, -0.25) is 9.78 Å². The number of carbonyl (C=O) groups excluding carboxylic acids is 1. The molecular weight excluding hydrogens is 234 g/mol. The van der Waals surface area contributed by atoms with Gasteiger partial charge in [0.1, 0.15) is 0 Å². The summed E-state index contributed by atoms with van der Waals surface area (Å²) in [4.78, 5) is 15.4. The van der Waals surface area contributed by atoms with Crippen LogP contribution in [0, 0.1) is 6.92 Å². The summed E-state index contributed by atoms with van der Waals surface area (Å²) in [5.41, 5.74) is 2.40. The van der Waals surface area contributed by atoms with Gasteiger partial charge in [-0.25, -0.2) is 0 Å². The molecule has 0 radical (unpaired) electrons. The highest BCUT2D eigenvalue weighted by Crippen LogP contribution is 2.31. The number of aromatic nitrogens is 1. The number of fused-ring (bicyclic) bond motifs is 1. The summed E-state index contributed by atoms with van der Waals surface area (Å²) in [6, 6.07) is 0. The first kappa shape index (κ1) is 13.0. The van der Waals surface area contributed by atoms with Gasteiger partial charge >= 0.3 is 5.97 Å². The van der Waals surface area contributed by atoms with Crippen molar-refractivity contribution in [1.29, 1.82) is 0 Å². The fourth-order valence-electron chi connectivity index (χ4n) is 1.78. The largest absolute Gasteiger partial charge is 0.424 e. The summed E-state index contributed by atoms with van der Waals surface area (Å²) in [5, 5.41) is 0. The Hall–Kier alpha value is -1.46. The Kier molecular flexibility index (Phi) is 3.36. The highest BCUT2D eigenvalue weighted by Gasteiger charge is 2.27. The Balaban J connectivity index is 2.41. The minimum Gasteiger partial charge on any atom is -0.424 e. The van der Waals surface area contributed by atoms with Crippen LogP contribution in [0.15, 0.2) is 6.20 Å². The molecule has 1 aliphatic heterocycles. The first-order chi connectivity index (χ1) is 8.39. The van der Waals surface area contributed by atoms with Crippen LogP contribution >= 0.6 is 0 Å². The molecule has 1 aromatic heterocycles. The van der Waals surface area contributed by atoms with E-state index in [1.54, 1.807) is 13.1 Å². The number of hydrogen-bond acceptors (Lipinski definition) is 5. The van der Waals surface area contributed by atoms with Crippen LogP contribution in [-0.4, -0.2) is 16.7 Å². The lowest BCUT2D eigenvalue weighted by Crippen LogP contribution is -2.25. The Morgan fingerprint density at radius 2 is 2.06 bits per heavy atom. The molecule has 0 amide bonds. The Bertz CT molecular complexity index is 482. The first-order valence-electron chi connectivity index (χ1n) is 5.83. The number of nitrogens with zero attached hydrogens (tertiary/aromatic N) is 1. The molecule has 2 rings (SSSR count). The molecule has 0 saturated heterocycles. The summed E-state index contributed by atoms with van der Waals surface area (Å²) in [6.07, 6.45) is 1.74. The molecule has 0 aliphatic carbocycles. The van der Waals surface area contributed by atoms with Gasteiger partial charge in [0, 0.05) is 24.2 Å². The van der Waals surface area contributed by atoms with Crippen LogP contribution in [0.4, 0.5) is 0 Å². The molecule has 0 fully saturated rings. The lowest BCUT2D eigenvalue weighted by Gasteiger charge is -2.22. The van der Waals surface area contributed by atoms with E-state index in [0.29, 0.717) is 24.7 Å². The fourth-order valence-corrected chi connectivity index (χ4v) is 1.78. The Labute approximate surface area is 106 Å². The molecule has 0 N–H and O–H groups in total. The Morgan fingerprint density at radius 1 is 1.39 bits per heavy atom. The van der Waals surface area contributed by atoms with Gasteiger partial charge in [-0.05, 0) is 20.8 Å². The maximum atomic E-state index is 11.1. The van der Waals surface area contributed by atoms with Crippen LogP contribution in [0.2, 0.25) is 0 Å². The molecule has 0 atom stereocenters. The van der Waals surface area contributed by atoms with Gasteiger partial charge < -0.3 is 14.2 Å². The third-order valence-corrected chi connectivity index (χ3v) is 2.79. The summed E-state index contributed by atoms with van der Waals surface area (Å²) in [7, 11) is 0. The molecule has 5 nitrogen and oxygen atoms in total. The predicted molar refractivity (Wildman–Crippen MR) is 63.9 cm³/mol. The molecule has 2 heterocycles. The molecule has 0 aromatic carbocycles. The molecule has 5 heteroatoms. The van der Waals surface area contributed by atoms with E-state index in [1.165, 1.54) is 6.92 Å². The summed E-state index contributed by atoms with van der Waals surface area (Å²) >= 11 is 0. The second-order valence-corrected chi connectivity index (χ2v) is 4.75. The van der Waals surface area contributed by atoms with E-state index in [0.717, 1.165) is 11.1 Å². The summed E-state index contributed by atoms with van der Waals surface area (Å²) in [6.45, 7) is 7.61. The van der Waals surface area contributed by atoms with E-state index < -0.39 is 5.79 Å². The third kappa shape index (κ3) is 2.68. The lowest BCUT2D eigenvalue weighted by atomic mass is 10.1. The van der Waals surface area contributed by atoms with Gasteiger partial charge in [0.15, 0.2) is 11.5 Å². The summed E-state index contributed by atoms with van der Waals surface area (Å²) < 4.78 is 16.5. The smallest absolute Gasteiger partial charge is 0.308 e. The van der Waals surface area contributed by atoms with Gasteiger partial charge in [0.05, 0.1) is 18.9 Å². The van der Waals surface area contributed by atoms with Crippen molar-refractivity contribution in [3.63, 3.8) is 0 Å². The van der Waals surface area contributed by atoms with Gasteiger partial charge in [-0.2, -0.15) is 0 Å². The second kappa shape index (κ2) is 4.66. The molecule has 0 unspecified atom stereocenters. The lowest BCUT2D eigenvalue weighted by molar-refractivity contribution is -0.219. The Morgan fingerprint density at radius 3 is 2.72 bits per heavy atom. The van der Waals surface area contributed by atoms with E-state index >= 15 is 0 Å². The number of ether oxygens (including phenoxy) is 3. The zero-order valence-electron chi connectivity index (χ0n) is 11.1. The number of rotatable bonds is 1. The highest BCUT2D eigenvalue weighted by atomic mass is 16.7. The third-order valence-electron chi connectivity index (χ3n) is 2.79. The van der Waals surface area contributed by atoms with Crippen LogP contribution in [0.1, 0.15) is 37.6 Å². The van der Waals surface area contributed by atoms with Crippen LogP contribution < -0.4 is 4.74 Å². The monoisotopic (exact) mass is 251 g/mol. The SMILES string of the molecule is CC(=O)Oc1c(C)ncc2c1COC(C)(C)OC2. The van der Waals surface area contributed by atoms with Gasteiger partial charge in [0.25, 0.3) is 0 Å². The predicted octanol–water partition coefficient (Wildman–Crippen LogP) is 2.10. The van der Waals surface area contributed by atoms with Crippen molar-refractivity contribution in [3.05, 3.63) is 23.0 Å². The average molecular weight is 251 g/mol. The number of hydrogen-bond donors (Lipinski definition) is 0. The van der Waals surface area contributed by atoms with Crippen molar-refractivity contribution in [2.24, 2.45) is 0 Å². The van der Waals surface area contributed by atoms with E-state index in [-0.39, 0.29) is 5.97 Å². The van der Waals surface area contributed by atoms with Gasteiger partial charge in [-0.1, -0.05) is 0 Å². The number of esters is 1. The average Bonchev–Trinajstić information content (AvgIpc) is 2.42. The fraction of sp³-hybridized carbons (Fsp3) is 0.538. The number of aryl methyl sites for hydroxylation is 1. The molecule has 18 heavy (non-hydrogen) atoms. The van der Waals surface area contributed by atoms with Crippen molar-refractivity contribution in [2.75, 3.05) is 0 Å². The van der Waals surface area contributed by atoms with E-state index in [1.807, 2.05) is 13.8 Å². The molecular formula is C13H17NO4. The van der Waals surface area contributed by atoms with Crippen molar-refractivity contribution in [2.45, 2.75) is 46.7 Å². The van der Waals surface area contributed by atoms with Gasteiger partial charge in [-0.15, -0.1) is 0 Å².